The maximum atomic E-state index is 11.7. The number of rotatable bonds is 6. The summed E-state index contributed by atoms with van der Waals surface area (Å²) in [6.45, 7) is 2.63. The minimum atomic E-state index is -0.411. The van der Waals surface area contributed by atoms with Crippen LogP contribution in [0.4, 0.5) is 0 Å². The van der Waals surface area contributed by atoms with Gasteiger partial charge in [-0.3, -0.25) is 4.90 Å². The standard InChI is InChI=1S/C18H19N3O4S/c1-12-15(17(22)23-3)9-14(24-12)10-20(2)11-21-18(26)25-16(19-21)13-7-5-4-6-8-13/h4-9H,10-11H2,1-3H3. The molecule has 0 spiro atoms. The molecular weight excluding hydrogens is 354 g/mol. The molecule has 0 N–H and O–H groups in total. The van der Waals surface area contributed by atoms with Crippen molar-refractivity contribution in [1.82, 2.24) is 14.7 Å². The predicted molar refractivity (Wildman–Crippen MR) is 97.0 cm³/mol. The van der Waals surface area contributed by atoms with Gasteiger partial charge in [-0.25, -0.2) is 9.48 Å². The van der Waals surface area contributed by atoms with Crippen molar-refractivity contribution >= 4 is 18.2 Å². The topological polar surface area (TPSA) is 73.6 Å². The van der Waals surface area contributed by atoms with Crippen LogP contribution in [0.2, 0.25) is 0 Å². The number of ether oxygens (including phenoxy) is 1. The van der Waals surface area contributed by atoms with Crippen molar-refractivity contribution in [1.29, 1.82) is 0 Å². The largest absolute Gasteiger partial charge is 0.465 e. The molecule has 0 amide bonds. The SMILES string of the molecule is COC(=O)c1cc(CN(C)Cn2nc(-c3ccccc3)oc2=S)oc1C. The van der Waals surface area contributed by atoms with Crippen LogP contribution in [0.3, 0.4) is 0 Å². The molecule has 0 atom stereocenters. The predicted octanol–water partition coefficient (Wildman–Crippen LogP) is 3.65. The van der Waals surface area contributed by atoms with Gasteiger partial charge >= 0.3 is 5.97 Å². The average Bonchev–Trinajstić information content (AvgIpc) is 3.17. The molecule has 0 unspecified atom stereocenters. The van der Waals surface area contributed by atoms with E-state index in [1.165, 1.54) is 7.11 Å². The Balaban J connectivity index is 1.71. The third-order valence-corrected chi connectivity index (χ3v) is 4.10. The summed E-state index contributed by atoms with van der Waals surface area (Å²) in [4.78, 5) is 13.9. The lowest BCUT2D eigenvalue weighted by atomic mass is 10.2. The highest BCUT2D eigenvalue weighted by Gasteiger charge is 2.17. The zero-order valence-electron chi connectivity index (χ0n) is 14.8. The van der Waals surface area contributed by atoms with Gasteiger partial charge in [0, 0.05) is 5.56 Å². The first-order valence-electron chi connectivity index (χ1n) is 7.97. The number of aryl methyl sites for hydroxylation is 1. The second-order valence-corrected chi connectivity index (χ2v) is 6.22. The molecule has 7 nitrogen and oxygen atoms in total. The van der Waals surface area contributed by atoms with Gasteiger partial charge in [0.2, 0.25) is 5.89 Å². The number of nitrogens with zero attached hydrogens (tertiary/aromatic N) is 3. The van der Waals surface area contributed by atoms with E-state index in [-0.39, 0.29) is 0 Å². The molecule has 0 fully saturated rings. The van der Waals surface area contributed by atoms with Crippen LogP contribution in [0.15, 0.2) is 45.2 Å². The molecular formula is C18H19N3O4S. The molecule has 2 heterocycles. The highest BCUT2D eigenvalue weighted by atomic mass is 32.1. The van der Waals surface area contributed by atoms with Gasteiger partial charge in [-0.2, -0.15) is 0 Å². The van der Waals surface area contributed by atoms with Crippen LogP contribution in [0.5, 0.6) is 0 Å². The van der Waals surface area contributed by atoms with Crippen molar-refractivity contribution in [2.24, 2.45) is 0 Å². The van der Waals surface area contributed by atoms with E-state index in [1.807, 2.05) is 42.3 Å². The lowest BCUT2D eigenvalue weighted by molar-refractivity contribution is 0.0599. The van der Waals surface area contributed by atoms with Gasteiger partial charge in [-0.15, -0.1) is 5.10 Å². The molecule has 3 aromatic rings. The molecule has 136 valence electrons. The Morgan fingerprint density at radius 1 is 1.31 bits per heavy atom. The summed E-state index contributed by atoms with van der Waals surface area (Å²) in [7, 11) is 3.24. The van der Waals surface area contributed by atoms with Gasteiger partial charge in [0.05, 0.1) is 20.3 Å². The van der Waals surface area contributed by atoms with Crippen molar-refractivity contribution in [3.63, 3.8) is 0 Å². The number of hydrogen-bond donors (Lipinski definition) is 0. The molecule has 0 aliphatic heterocycles. The molecule has 0 saturated heterocycles. The fourth-order valence-electron chi connectivity index (χ4n) is 2.57. The van der Waals surface area contributed by atoms with Crippen molar-refractivity contribution in [3.8, 4) is 11.5 Å². The molecule has 0 radical (unpaired) electrons. The van der Waals surface area contributed by atoms with E-state index < -0.39 is 5.97 Å². The van der Waals surface area contributed by atoms with Gasteiger partial charge in [0.15, 0.2) is 0 Å². The molecule has 8 heteroatoms. The fraction of sp³-hybridized carbons (Fsp3) is 0.278. The van der Waals surface area contributed by atoms with Crippen LogP contribution in [0.25, 0.3) is 11.5 Å². The minimum absolute atomic E-state index is 0.293. The van der Waals surface area contributed by atoms with E-state index in [0.29, 0.717) is 41.0 Å². The number of methoxy groups -OCH3 is 1. The van der Waals surface area contributed by atoms with Crippen LogP contribution in [0, 0.1) is 11.8 Å². The number of carbonyl (C=O) groups excluding carboxylic acids is 1. The molecule has 1 aromatic carbocycles. The van der Waals surface area contributed by atoms with Crippen molar-refractivity contribution in [2.75, 3.05) is 14.2 Å². The Labute approximate surface area is 155 Å². The van der Waals surface area contributed by atoms with Crippen molar-refractivity contribution in [3.05, 3.63) is 58.3 Å². The number of esters is 1. The monoisotopic (exact) mass is 373 g/mol. The Kier molecular flexibility index (Phi) is 5.34. The molecule has 3 rings (SSSR count). The molecule has 0 bridgehead atoms. The third-order valence-electron chi connectivity index (χ3n) is 3.80. The van der Waals surface area contributed by atoms with Gasteiger partial charge in [0.25, 0.3) is 4.84 Å². The van der Waals surface area contributed by atoms with Crippen molar-refractivity contribution in [2.45, 2.75) is 20.1 Å². The van der Waals surface area contributed by atoms with E-state index in [0.717, 1.165) is 5.56 Å². The second-order valence-electron chi connectivity index (χ2n) is 5.87. The number of aromatic nitrogens is 2. The zero-order valence-corrected chi connectivity index (χ0v) is 15.6. The van der Waals surface area contributed by atoms with Gasteiger partial charge in [0.1, 0.15) is 17.1 Å². The van der Waals surface area contributed by atoms with Crippen LogP contribution in [0.1, 0.15) is 21.9 Å². The summed E-state index contributed by atoms with van der Waals surface area (Å²) in [6.07, 6.45) is 0. The molecule has 0 aliphatic carbocycles. The summed E-state index contributed by atoms with van der Waals surface area (Å²) in [5.41, 5.74) is 1.30. The summed E-state index contributed by atoms with van der Waals surface area (Å²) in [6, 6.07) is 11.3. The van der Waals surface area contributed by atoms with Gasteiger partial charge in [-0.1, -0.05) is 18.2 Å². The smallest absolute Gasteiger partial charge is 0.341 e. The fourth-order valence-corrected chi connectivity index (χ4v) is 2.75. The molecule has 2 aromatic heterocycles. The zero-order chi connectivity index (χ0) is 18.7. The van der Waals surface area contributed by atoms with Gasteiger partial charge < -0.3 is 13.6 Å². The molecule has 26 heavy (non-hydrogen) atoms. The summed E-state index contributed by atoms with van der Waals surface area (Å²) in [5.74, 6) is 1.26. The van der Waals surface area contributed by atoms with Gasteiger partial charge in [-0.05, 0) is 44.4 Å². The minimum Gasteiger partial charge on any atom is -0.465 e. The van der Waals surface area contributed by atoms with Crippen LogP contribution in [-0.2, 0) is 18.0 Å². The average molecular weight is 373 g/mol. The first-order valence-corrected chi connectivity index (χ1v) is 8.38. The molecule has 0 aliphatic rings. The summed E-state index contributed by atoms with van der Waals surface area (Å²) >= 11 is 5.25. The number of furan rings is 1. The Bertz CT molecular complexity index is 958. The molecule has 0 saturated carbocycles. The summed E-state index contributed by atoms with van der Waals surface area (Å²) in [5, 5.41) is 4.43. The highest BCUT2D eigenvalue weighted by Crippen LogP contribution is 2.19. The summed E-state index contributed by atoms with van der Waals surface area (Å²) < 4.78 is 17.6. The van der Waals surface area contributed by atoms with E-state index in [2.05, 4.69) is 5.10 Å². The first kappa shape index (κ1) is 18.1. The lowest BCUT2D eigenvalue weighted by Crippen LogP contribution is -2.22. The number of hydrogen-bond acceptors (Lipinski definition) is 7. The first-order chi connectivity index (χ1) is 12.5. The highest BCUT2D eigenvalue weighted by molar-refractivity contribution is 7.71. The lowest BCUT2D eigenvalue weighted by Gasteiger charge is -2.13. The Morgan fingerprint density at radius 3 is 2.73 bits per heavy atom. The van der Waals surface area contributed by atoms with E-state index in [1.54, 1.807) is 17.7 Å². The van der Waals surface area contributed by atoms with Crippen LogP contribution in [-0.4, -0.2) is 34.8 Å². The van der Waals surface area contributed by atoms with E-state index in [9.17, 15) is 4.79 Å². The third kappa shape index (κ3) is 3.92. The quantitative estimate of drug-likeness (QED) is 0.482. The van der Waals surface area contributed by atoms with Crippen LogP contribution >= 0.6 is 12.2 Å². The second kappa shape index (κ2) is 7.67. The van der Waals surface area contributed by atoms with E-state index in [4.69, 9.17) is 25.8 Å². The van der Waals surface area contributed by atoms with Crippen LogP contribution < -0.4 is 0 Å². The maximum absolute atomic E-state index is 11.7. The number of benzene rings is 1. The van der Waals surface area contributed by atoms with E-state index >= 15 is 0 Å². The Hall–Kier alpha value is -2.71. The van der Waals surface area contributed by atoms with Crippen molar-refractivity contribution < 1.29 is 18.4 Å². The number of carbonyl (C=O) groups is 1. The maximum Gasteiger partial charge on any atom is 0.341 e. The Morgan fingerprint density at radius 2 is 2.04 bits per heavy atom. The normalized spacial score (nSPS) is 11.1.